The fourth-order valence-electron chi connectivity index (χ4n) is 8.65. The molecule has 1 amide bonds. The molecule has 1 saturated heterocycles. The molecule has 32 heavy (non-hydrogen) atoms. The Morgan fingerprint density at radius 2 is 1.81 bits per heavy atom. The maximum Gasteiger partial charge on any atom is 0.323 e. The van der Waals surface area contributed by atoms with E-state index in [-0.39, 0.29) is 15.8 Å². The van der Waals surface area contributed by atoms with Gasteiger partial charge in [-0.25, -0.2) is 9.28 Å². The maximum atomic E-state index is 13.7. The Hall–Kier alpha value is -1.03. The highest BCUT2D eigenvalue weighted by Crippen LogP contribution is 2.67. The third-order valence-corrected chi connectivity index (χ3v) is 10.6. The van der Waals surface area contributed by atoms with Crippen LogP contribution in [0.4, 0.5) is 5.69 Å². The molecule has 1 unspecified atom stereocenters. The minimum atomic E-state index is 0.00970. The van der Waals surface area contributed by atoms with Crippen LogP contribution in [0.3, 0.4) is 0 Å². The van der Waals surface area contributed by atoms with Gasteiger partial charge in [0.05, 0.1) is 25.6 Å². The van der Waals surface area contributed by atoms with E-state index in [9.17, 15) is 4.79 Å². The Balaban J connectivity index is 1.68. The molecule has 3 nitrogen and oxygen atoms in total. The van der Waals surface area contributed by atoms with Gasteiger partial charge < -0.3 is 4.74 Å². The second kappa shape index (κ2) is 7.48. The van der Waals surface area contributed by atoms with Crippen LogP contribution in [0.15, 0.2) is 23.4 Å². The Morgan fingerprint density at radius 3 is 2.53 bits per heavy atom. The van der Waals surface area contributed by atoms with E-state index in [0.717, 1.165) is 30.4 Å². The zero-order chi connectivity index (χ0) is 23.1. The van der Waals surface area contributed by atoms with Crippen molar-refractivity contribution < 1.29 is 9.53 Å². The van der Waals surface area contributed by atoms with E-state index in [1.54, 1.807) is 13.2 Å². The van der Waals surface area contributed by atoms with E-state index in [2.05, 4.69) is 27.8 Å². The number of hydrogen-bond acceptors (Lipinski definition) is 2. The number of ether oxygens (including phenoxy) is 1. The minimum Gasteiger partial charge on any atom is -0.495 e. The number of fused-ring (bicyclic) bond motifs is 5. The standard InChI is InChI=1S/C27H36Cl2NO2/c1-16-13-17-18-7-6-10-26(18,2)11-8-19(17)27(3)12-9-24(31)30(4,25(16)27)22-15-23(32-5)21(29)14-20(22)28/h14-15,17-19H,6-13H2,1-5H3/q+1/t17-,18-,19-,26-,27+,30?/m0/s1. The lowest BCUT2D eigenvalue weighted by atomic mass is 9.48. The Morgan fingerprint density at radius 1 is 1.06 bits per heavy atom. The lowest BCUT2D eigenvalue weighted by molar-refractivity contribution is -0.135. The number of methoxy groups -OCH3 is 1. The number of nitrogens with zero attached hydrogens (tertiary/aromatic N) is 1. The van der Waals surface area contributed by atoms with Gasteiger partial charge in [-0.2, -0.15) is 0 Å². The largest absolute Gasteiger partial charge is 0.495 e. The van der Waals surface area contributed by atoms with Crippen LogP contribution in [0.2, 0.25) is 10.0 Å². The van der Waals surface area contributed by atoms with Crippen LogP contribution in [0.5, 0.6) is 5.75 Å². The monoisotopic (exact) mass is 476 g/mol. The highest BCUT2D eigenvalue weighted by Gasteiger charge is 2.63. The topological polar surface area (TPSA) is 26.3 Å². The van der Waals surface area contributed by atoms with Crippen molar-refractivity contribution in [2.24, 2.45) is 28.6 Å². The molecule has 0 N–H and O–H groups in total. The van der Waals surface area contributed by atoms with E-state index in [1.165, 1.54) is 43.4 Å². The van der Waals surface area contributed by atoms with E-state index >= 15 is 0 Å². The first-order valence-corrected chi connectivity index (χ1v) is 13.0. The lowest BCUT2D eigenvalue weighted by Crippen LogP contribution is -2.62. The van der Waals surface area contributed by atoms with E-state index < -0.39 is 0 Å². The summed E-state index contributed by atoms with van der Waals surface area (Å²) in [7, 11) is 3.66. The van der Waals surface area contributed by atoms with E-state index in [1.807, 2.05) is 6.07 Å². The van der Waals surface area contributed by atoms with Crippen LogP contribution in [-0.4, -0.2) is 20.1 Å². The van der Waals surface area contributed by atoms with Crippen molar-refractivity contribution in [1.29, 1.82) is 0 Å². The average Bonchev–Trinajstić information content (AvgIpc) is 3.13. The molecule has 174 valence electrons. The van der Waals surface area contributed by atoms with E-state index in [4.69, 9.17) is 27.9 Å². The lowest BCUT2D eigenvalue weighted by Gasteiger charge is -2.59. The van der Waals surface area contributed by atoms with Crippen LogP contribution in [-0.2, 0) is 4.79 Å². The van der Waals surface area contributed by atoms with Crippen molar-refractivity contribution in [3.63, 3.8) is 0 Å². The van der Waals surface area contributed by atoms with Gasteiger partial charge >= 0.3 is 5.91 Å². The molecule has 0 spiro atoms. The molecule has 1 aromatic carbocycles. The van der Waals surface area contributed by atoms with Crippen LogP contribution in [0.25, 0.3) is 0 Å². The predicted octanol–water partition coefficient (Wildman–Crippen LogP) is 7.78. The molecule has 2 saturated carbocycles. The number of piperidine rings is 1. The molecule has 1 aliphatic heterocycles. The number of carbonyl (C=O) groups excluding carboxylic acids is 1. The summed E-state index contributed by atoms with van der Waals surface area (Å²) >= 11 is 13.1. The van der Waals surface area contributed by atoms with Crippen molar-refractivity contribution >= 4 is 34.8 Å². The highest BCUT2D eigenvalue weighted by atomic mass is 35.5. The van der Waals surface area contributed by atoms with Crippen molar-refractivity contribution in [3.05, 3.63) is 33.4 Å². The molecular formula is C27H36Cl2NO2+. The van der Waals surface area contributed by atoms with Gasteiger partial charge in [0.2, 0.25) is 0 Å². The normalized spacial score (nSPS) is 41.2. The summed E-state index contributed by atoms with van der Waals surface area (Å²) in [6.45, 7) is 7.27. The van der Waals surface area contributed by atoms with Gasteiger partial charge in [0.25, 0.3) is 0 Å². The Labute approximate surface area is 202 Å². The van der Waals surface area contributed by atoms with Crippen LogP contribution in [0, 0.1) is 28.6 Å². The summed E-state index contributed by atoms with van der Waals surface area (Å²) in [4.78, 5) is 13.7. The van der Waals surface area contributed by atoms with Gasteiger partial charge in [-0.3, -0.25) is 0 Å². The second-order valence-corrected chi connectivity index (χ2v) is 12.4. The van der Waals surface area contributed by atoms with Crippen molar-refractivity contribution in [2.75, 3.05) is 14.2 Å². The molecule has 3 aliphatic carbocycles. The van der Waals surface area contributed by atoms with Gasteiger partial charge in [-0.05, 0) is 80.3 Å². The number of hydrogen-bond donors (Lipinski definition) is 0. The molecule has 4 aliphatic rings. The first-order chi connectivity index (χ1) is 15.1. The number of amides is 1. The first kappa shape index (κ1) is 22.7. The number of halogens is 2. The fourth-order valence-corrected chi connectivity index (χ4v) is 9.28. The number of quaternary nitrogens is 1. The average molecular weight is 477 g/mol. The molecular weight excluding hydrogens is 441 g/mol. The van der Waals surface area contributed by atoms with Gasteiger partial charge in [-0.15, -0.1) is 0 Å². The number of carbonyl (C=O) groups is 1. The third kappa shape index (κ3) is 2.93. The molecule has 3 fully saturated rings. The van der Waals surface area contributed by atoms with Gasteiger partial charge in [0, 0.05) is 11.5 Å². The number of likely N-dealkylation sites (tertiary alicyclic amines) is 1. The molecule has 0 bridgehead atoms. The SMILES string of the molecule is COc1cc([N+]2(C)C(=O)CC[C@@]3(C)C2=C(C)C[C@H]2[C@@H]4CCC[C@@]4(C)CC[C@@H]23)c(Cl)cc1Cl. The van der Waals surface area contributed by atoms with Crippen molar-refractivity contribution in [1.82, 2.24) is 4.48 Å². The van der Waals surface area contributed by atoms with Crippen molar-refractivity contribution in [2.45, 2.75) is 72.1 Å². The molecule has 6 atom stereocenters. The summed E-state index contributed by atoms with van der Waals surface area (Å²) in [6.07, 6.45) is 9.38. The summed E-state index contributed by atoms with van der Waals surface area (Å²) in [6, 6.07) is 3.61. The smallest absolute Gasteiger partial charge is 0.323 e. The number of allylic oxidation sites excluding steroid dienone is 2. The van der Waals surface area contributed by atoms with Gasteiger partial charge in [-0.1, -0.05) is 43.5 Å². The van der Waals surface area contributed by atoms with Crippen LogP contribution < -0.4 is 9.22 Å². The Kier molecular flexibility index (Phi) is 5.32. The summed E-state index contributed by atoms with van der Waals surface area (Å²) < 4.78 is 5.67. The highest BCUT2D eigenvalue weighted by molar-refractivity contribution is 6.37. The molecule has 0 radical (unpaired) electrons. The van der Waals surface area contributed by atoms with Crippen LogP contribution >= 0.6 is 23.2 Å². The number of rotatable bonds is 2. The quantitative estimate of drug-likeness (QED) is 0.407. The van der Waals surface area contributed by atoms with Gasteiger partial charge in [0.15, 0.2) is 5.69 Å². The zero-order valence-corrected chi connectivity index (χ0v) is 21.6. The van der Waals surface area contributed by atoms with Gasteiger partial charge in [0.1, 0.15) is 16.5 Å². The second-order valence-electron chi connectivity index (χ2n) is 11.6. The van der Waals surface area contributed by atoms with Crippen molar-refractivity contribution in [3.8, 4) is 5.75 Å². The molecule has 1 aromatic rings. The van der Waals surface area contributed by atoms with E-state index in [0.29, 0.717) is 33.5 Å². The molecule has 5 heteroatoms. The fraction of sp³-hybridized carbons (Fsp3) is 0.667. The summed E-state index contributed by atoms with van der Waals surface area (Å²) in [5.41, 5.74) is 3.99. The summed E-state index contributed by atoms with van der Waals surface area (Å²) in [5, 5.41) is 1.01. The predicted molar refractivity (Wildman–Crippen MR) is 132 cm³/mol. The third-order valence-electron chi connectivity index (χ3n) is 10.0. The maximum absolute atomic E-state index is 13.7. The summed E-state index contributed by atoms with van der Waals surface area (Å²) in [5.74, 6) is 2.97. The molecule has 0 aromatic heterocycles. The molecule has 1 heterocycles. The Bertz CT molecular complexity index is 1020. The minimum absolute atomic E-state index is 0.00970. The number of benzene rings is 1. The first-order valence-electron chi connectivity index (χ1n) is 12.2. The van der Waals surface area contributed by atoms with Crippen LogP contribution in [0.1, 0.15) is 72.1 Å². The molecule has 5 rings (SSSR count). The zero-order valence-electron chi connectivity index (χ0n) is 20.1.